The van der Waals surface area contributed by atoms with E-state index in [1.54, 1.807) is 30.3 Å². The standard InChI is InChI=1S/C31H23Cl2F3N2O5S/c1-3-42-29(40)25-26(19-7-11-21(33)12-8-19)38-28(39)24(44-30(38)37-27(25)31(34,35)36)15-18-6-13-22(23(14-18)41-2)43-16-17-4-9-20(32)10-5-17/h4-15,26H,3,16H2,1-2H3/b24-15-/t26-/m0/s1. The summed E-state index contributed by atoms with van der Waals surface area (Å²) >= 11 is 12.7. The SMILES string of the molecule is CCOC(=O)C1=C(C(F)(F)F)N=c2s/c(=C\c3ccc(OCc4ccc(Cl)cc4)c(OC)c3)c(=O)n2[C@H]1c1ccc(Cl)cc1. The average molecular weight is 664 g/mol. The van der Waals surface area contributed by atoms with Crippen molar-refractivity contribution in [2.24, 2.45) is 4.99 Å². The minimum Gasteiger partial charge on any atom is -0.493 e. The van der Waals surface area contributed by atoms with Crippen molar-refractivity contribution in [2.45, 2.75) is 25.7 Å². The molecule has 1 aliphatic rings. The molecule has 0 aliphatic carbocycles. The zero-order chi connectivity index (χ0) is 31.6. The molecule has 0 bridgehead atoms. The zero-order valence-electron chi connectivity index (χ0n) is 23.2. The van der Waals surface area contributed by atoms with E-state index in [-0.39, 0.29) is 28.1 Å². The Hall–Kier alpha value is -4.06. The summed E-state index contributed by atoms with van der Waals surface area (Å²) in [7, 11) is 1.46. The van der Waals surface area contributed by atoms with Gasteiger partial charge in [0.15, 0.2) is 22.0 Å². The van der Waals surface area contributed by atoms with Crippen LogP contribution in [0.15, 0.2) is 87.8 Å². The Labute approximate surface area is 263 Å². The lowest BCUT2D eigenvalue weighted by Crippen LogP contribution is -2.41. The van der Waals surface area contributed by atoms with E-state index in [0.29, 0.717) is 27.1 Å². The van der Waals surface area contributed by atoms with Crippen LogP contribution in [0.3, 0.4) is 0 Å². The molecule has 0 fully saturated rings. The lowest BCUT2D eigenvalue weighted by molar-refractivity contribution is -0.140. The molecule has 3 aromatic carbocycles. The van der Waals surface area contributed by atoms with Gasteiger partial charge in [-0.25, -0.2) is 9.79 Å². The van der Waals surface area contributed by atoms with E-state index >= 15 is 0 Å². The number of carbonyl (C=O) groups is 1. The first-order valence-electron chi connectivity index (χ1n) is 13.1. The van der Waals surface area contributed by atoms with E-state index in [1.807, 2.05) is 12.1 Å². The zero-order valence-corrected chi connectivity index (χ0v) is 25.5. The Balaban J connectivity index is 1.60. The summed E-state index contributed by atoms with van der Waals surface area (Å²) < 4.78 is 60.4. The van der Waals surface area contributed by atoms with Crippen molar-refractivity contribution < 1.29 is 32.2 Å². The van der Waals surface area contributed by atoms with Crippen LogP contribution in [-0.2, 0) is 16.1 Å². The first kappa shape index (κ1) is 31.4. The maximum Gasteiger partial charge on any atom is 0.434 e. The number of aromatic nitrogens is 1. The van der Waals surface area contributed by atoms with E-state index in [9.17, 15) is 22.8 Å². The first-order chi connectivity index (χ1) is 21.0. The molecule has 4 aromatic rings. The van der Waals surface area contributed by atoms with Crippen LogP contribution in [0.25, 0.3) is 6.08 Å². The normalized spacial score (nSPS) is 15.1. The smallest absolute Gasteiger partial charge is 0.434 e. The molecule has 1 aromatic heterocycles. The highest BCUT2D eigenvalue weighted by atomic mass is 35.5. The molecule has 0 amide bonds. The number of alkyl halides is 3. The summed E-state index contributed by atoms with van der Waals surface area (Å²) in [6, 6.07) is 16.5. The fraction of sp³-hybridized carbons (Fsp3) is 0.194. The number of halogens is 5. The van der Waals surface area contributed by atoms with E-state index in [2.05, 4.69) is 4.99 Å². The predicted molar refractivity (Wildman–Crippen MR) is 161 cm³/mol. The van der Waals surface area contributed by atoms with Crippen LogP contribution in [0.5, 0.6) is 11.5 Å². The number of ether oxygens (including phenoxy) is 3. The van der Waals surface area contributed by atoms with Crippen LogP contribution in [-0.4, -0.2) is 30.4 Å². The molecule has 228 valence electrons. The second kappa shape index (κ2) is 12.9. The lowest BCUT2D eigenvalue weighted by atomic mass is 9.95. The van der Waals surface area contributed by atoms with Crippen molar-refractivity contribution in [3.05, 3.63) is 124 Å². The third-order valence-corrected chi connectivity index (χ3v) is 8.06. The number of esters is 1. The van der Waals surface area contributed by atoms with Crippen LogP contribution in [0, 0.1) is 0 Å². The average Bonchev–Trinajstić information content (AvgIpc) is 3.30. The summed E-state index contributed by atoms with van der Waals surface area (Å²) in [5.41, 5.74) is -1.21. The van der Waals surface area contributed by atoms with Crippen LogP contribution in [0.2, 0.25) is 10.0 Å². The molecule has 0 saturated carbocycles. The molecule has 5 rings (SSSR count). The molecule has 0 saturated heterocycles. The molecule has 0 spiro atoms. The van der Waals surface area contributed by atoms with Crippen molar-refractivity contribution in [3.8, 4) is 11.5 Å². The molecule has 0 radical (unpaired) electrons. The molecule has 0 N–H and O–H groups in total. The summed E-state index contributed by atoms with van der Waals surface area (Å²) in [6.07, 6.45) is -3.49. The molecule has 44 heavy (non-hydrogen) atoms. The van der Waals surface area contributed by atoms with E-state index < -0.39 is 35.0 Å². The minimum absolute atomic E-state index is 0.0891. The lowest BCUT2D eigenvalue weighted by Gasteiger charge is -2.26. The number of thiazole rings is 1. The Morgan fingerprint density at radius 3 is 2.30 bits per heavy atom. The molecule has 7 nitrogen and oxygen atoms in total. The van der Waals surface area contributed by atoms with Crippen molar-refractivity contribution in [2.75, 3.05) is 13.7 Å². The fourth-order valence-corrected chi connectivity index (χ4v) is 5.84. The maximum absolute atomic E-state index is 14.3. The maximum atomic E-state index is 14.3. The van der Waals surface area contributed by atoms with E-state index in [1.165, 1.54) is 44.4 Å². The van der Waals surface area contributed by atoms with E-state index in [0.717, 1.165) is 21.5 Å². The Kier molecular flexibility index (Phi) is 9.19. The molecular formula is C31H23Cl2F3N2O5S. The Morgan fingerprint density at radius 2 is 1.68 bits per heavy atom. The number of allylic oxidation sites excluding steroid dienone is 1. The van der Waals surface area contributed by atoms with Gasteiger partial charge in [-0.3, -0.25) is 9.36 Å². The summed E-state index contributed by atoms with van der Waals surface area (Å²) in [4.78, 5) is 30.3. The van der Waals surface area contributed by atoms with Gasteiger partial charge in [-0.2, -0.15) is 13.2 Å². The van der Waals surface area contributed by atoms with Gasteiger partial charge in [0.05, 0.1) is 29.9 Å². The molecule has 0 unspecified atom stereocenters. The first-order valence-corrected chi connectivity index (χ1v) is 14.7. The van der Waals surface area contributed by atoms with Gasteiger partial charge in [0.1, 0.15) is 6.61 Å². The minimum atomic E-state index is -5.00. The van der Waals surface area contributed by atoms with Gasteiger partial charge >= 0.3 is 12.1 Å². The van der Waals surface area contributed by atoms with Gasteiger partial charge in [0.25, 0.3) is 5.56 Å². The monoisotopic (exact) mass is 662 g/mol. The highest BCUT2D eigenvalue weighted by Gasteiger charge is 2.45. The highest BCUT2D eigenvalue weighted by Crippen LogP contribution is 2.38. The second-order valence-electron chi connectivity index (χ2n) is 9.44. The van der Waals surface area contributed by atoms with Crippen LogP contribution in [0.1, 0.15) is 29.7 Å². The van der Waals surface area contributed by atoms with Crippen LogP contribution in [0.4, 0.5) is 13.2 Å². The number of benzene rings is 3. The number of carbonyl (C=O) groups excluding carboxylic acids is 1. The molecule has 2 heterocycles. The third-order valence-electron chi connectivity index (χ3n) is 6.57. The molecular weight excluding hydrogens is 640 g/mol. The summed E-state index contributed by atoms with van der Waals surface area (Å²) in [5, 5.41) is 0.931. The van der Waals surface area contributed by atoms with Gasteiger partial charge in [-0.15, -0.1) is 0 Å². The van der Waals surface area contributed by atoms with Crippen molar-refractivity contribution in [1.82, 2.24) is 4.57 Å². The number of fused-ring (bicyclic) bond motifs is 1. The number of nitrogens with zero attached hydrogens (tertiary/aromatic N) is 2. The van der Waals surface area contributed by atoms with E-state index in [4.69, 9.17) is 37.4 Å². The predicted octanol–water partition coefficient (Wildman–Crippen LogP) is 6.24. The molecule has 1 aliphatic heterocycles. The number of methoxy groups -OCH3 is 1. The Bertz CT molecular complexity index is 1920. The van der Waals surface area contributed by atoms with Gasteiger partial charge < -0.3 is 14.2 Å². The molecule has 1 atom stereocenters. The van der Waals surface area contributed by atoms with Gasteiger partial charge in [-0.05, 0) is 66.1 Å². The van der Waals surface area contributed by atoms with Crippen molar-refractivity contribution >= 4 is 46.6 Å². The summed E-state index contributed by atoms with van der Waals surface area (Å²) in [5.74, 6) is -0.405. The third kappa shape index (κ3) is 6.54. The Morgan fingerprint density at radius 1 is 1.02 bits per heavy atom. The highest BCUT2D eigenvalue weighted by molar-refractivity contribution is 7.07. The van der Waals surface area contributed by atoms with Crippen molar-refractivity contribution in [3.63, 3.8) is 0 Å². The van der Waals surface area contributed by atoms with Gasteiger partial charge in [0, 0.05) is 10.0 Å². The summed E-state index contributed by atoms with van der Waals surface area (Å²) in [6.45, 7) is 1.55. The number of hydrogen-bond donors (Lipinski definition) is 0. The van der Waals surface area contributed by atoms with Crippen LogP contribution < -0.4 is 24.4 Å². The van der Waals surface area contributed by atoms with Gasteiger partial charge in [0.2, 0.25) is 0 Å². The number of hydrogen-bond acceptors (Lipinski definition) is 7. The molecule has 13 heteroatoms. The second-order valence-corrected chi connectivity index (χ2v) is 11.3. The number of rotatable bonds is 8. The van der Waals surface area contributed by atoms with Gasteiger partial charge in [-0.1, -0.05) is 64.9 Å². The quantitative estimate of drug-likeness (QED) is 0.209. The van der Waals surface area contributed by atoms with Crippen LogP contribution >= 0.6 is 34.5 Å². The topological polar surface area (TPSA) is 79.1 Å². The van der Waals surface area contributed by atoms with Crippen molar-refractivity contribution in [1.29, 1.82) is 0 Å². The largest absolute Gasteiger partial charge is 0.493 e. The fourth-order valence-electron chi connectivity index (χ4n) is 4.59.